The van der Waals surface area contributed by atoms with Gasteiger partial charge in [-0.2, -0.15) is 5.10 Å². The average Bonchev–Trinajstić information content (AvgIpc) is 3.25. The number of fused-ring (bicyclic) bond motifs is 1. The van der Waals surface area contributed by atoms with Crippen molar-refractivity contribution in [2.45, 2.75) is 29.7 Å². The van der Waals surface area contributed by atoms with Crippen LogP contribution in [-0.2, 0) is 0 Å². The predicted molar refractivity (Wildman–Crippen MR) is 117 cm³/mol. The molecule has 5 nitrogen and oxygen atoms in total. The number of carboxylic acid groups (broad SMARTS) is 1. The topological polar surface area (TPSA) is 60.0 Å². The maximum absolute atomic E-state index is 11.3. The average molecular weight is 446 g/mol. The van der Waals surface area contributed by atoms with Crippen molar-refractivity contribution < 1.29 is 9.90 Å². The van der Waals surface area contributed by atoms with E-state index < -0.39 is 5.97 Å². The van der Waals surface area contributed by atoms with Crippen LogP contribution in [0.3, 0.4) is 0 Å². The summed E-state index contributed by atoms with van der Waals surface area (Å²) < 4.78 is 3.78. The SMILES string of the molecule is CC(C)n1cc(-n2c(Cl)c(Sc3cccc(C(=O)O)c3)c3ccc(Cl)cc32)cn1. The van der Waals surface area contributed by atoms with E-state index >= 15 is 0 Å². The fourth-order valence-electron chi connectivity index (χ4n) is 3.09. The molecule has 0 aliphatic rings. The molecule has 0 aliphatic carbocycles. The van der Waals surface area contributed by atoms with Crippen LogP contribution in [0.15, 0.2) is 64.6 Å². The van der Waals surface area contributed by atoms with Crippen LogP contribution in [0.4, 0.5) is 0 Å². The zero-order chi connectivity index (χ0) is 20.7. The summed E-state index contributed by atoms with van der Waals surface area (Å²) >= 11 is 14.5. The van der Waals surface area contributed by atoms with Crippen molar-refractivity contribution in [1.29, 1.82) is 0 Å². The van der Waals surface area contributed by atoms with Gasteiger partial charge in [-0.05, 0) is 44.2 Å². The number of rotatable bonds is 5. The van der Waals surface area contributed by atoms with Crippen LogP contribution in [0.2, 0.25) is 10.2 Å². The molecule has 0 bridgehead atoms. The Morgan fingerprint density at radius 3 is 2.66 bits per heavy atom. The van der Waals surface area contributed by atoms with Crippen LogP contribution < -0.4 is 0 Å². The maximum Gasteiger partial charge on any atom is 0.335 e. The lowest BCUT2D eigenvalue weighted by Crippen LogP contribution is -2.00. The molecule has 4 rings (SSSR count). The van der Waals surface area contributed by atoms with Crippen molar-refractivity contribution in [2.24, 2.45) is 0 Å². The van der Waals surface area contributed by atoms with Crippen molar-refractivity contribution >= 4 is 51.8 Å². The highest BCUT2D eigenvalue weighted by Crippen LogP contribution is 2.43. The van der Waals surface area contributed by atoms with E-state index in [1.807, 2.05) is 39.7 Å². The Kier molecular flexibility index (Phi) is 5.34. The van der Waals surface area contributed by atoms with Gasteiger partial charge in [0.05, 0.1) is 27.9 Å². The number of hydrogen-bond acceptors (Lipinski definition) is 3. The summed E-state index contributed by atoms with van der Waals surface area (Å²) in [5.41, 5.74) is 1.93. The Morgan fingerprint density at radius 2 is 1.97 bits per heavy atom. The maximum atomic E-state index is 11.3. The molecule has 0 radical (unpaired) electrons. The van der Waals surface area contributed by atoms with Crippen molar-refractivity contribution in [3.05, 3.63) is 70.6 Å². The number of aromatic nitrogens is 3. The fraction of sp³-hybridized carbons (Fsp3) is 0.143. The molecule has 8 heteroatoms. The zero-order valence-electron chi connectivity index (χ0n) is 15.6. The monoisotopic (exact) mass is 445 g/mol. The quantitative estimate of drug-likeness (QED) is 0.377. The number of halogens is 2. The van der Waals surface area contributed by atoms with E-state index in [0.717, 1.165) is 26.4 Å². The molecule has 148 valence electrons. The molecule has 2 aromatic carbocycles. The zero-order valence-corrected chi connectivity index (χ0v) is 18.0. The Morgan fingerprint density at radius 1 is 1.17 bits per heavy atom. The number of aromatic carboxylic acids is 1. The molecule has 0 saturated heterocycles. The summed E-state index contributed by atoms with van der Waals surface area (Å²) in [4.78, 5) is 12.9. The van der Waals surface area contributed by atoms with E-state index in [0.29, 0.717) is 10.2 Å². The molecule has 0 unspecified atom stereocenters. The van der Waals surface area contributed by atoms with Gasteiger partial charge in [-0.25, -0.2) is 4.79 Å². The van der Waals surface area contributed by atoms with Crippen LogP contribution in [0, 0.1) is 0 Å². The van der Waals surface area contributed by atoms with Gasteiger partial charge in [0.1, 0.15) is 5.15 Å². The fourth-order valence-corrected chi connectivity index (χ4v) is 4.68. The van der Waals surface area contributed by atoms with Crippen LogP contribution in [0.25, 0.3) is 16.6 Å². The third kappa shape index (κ3) is 3.75. The molecule has 0 fully saturated rings. The highest BCUT2D eigenvalue weighted by atomic mass is 35.5. The number of hydrogen-bond donors (Lipinski definition) is 1. The minimum Gasteiger partial charge on any atom is -0.478 e. The molecule has 1 N–H and O–H groups in total. The normalized spacial score (nSPS) is 11.5. The van der Waals surface area contributed by atoms with Crippen LogP contribution >= 0.6 is 35.0 Å². The van der Waals surface area contributed by atoms with Gasteiger partial charge in [0.25, 0.3) is 0 Å². The first-order valence-electron chi connectivity index (χ1n) is 8.90. The van der Waals surface area contributed by atoms with Gasteiger partial charge in [0.2, 0.25) is 0 Å². The first-order valence-corrected chi connectivity index (χ1v) is 10.5. The molecule has 29 heavy (non-hydrogen) atoms. The van der Waals surface area contributed by atoms with Gasteiger partial charge >= 0.3 is 5.97 Å². The van der Waals surface area contributed by atoms with Crippen molar-refractivity contribution in [1.82, 2.24) is 14.3 Å². The lowest BCUT2D eigenvalue weighted by atomic mass is 10.2. The van der Waals surface area contributed by atoms with E-state index in [-0.39, 0.29) is 11.6 Å². The van der Waals surface area contributed by atoms with Crippen molar-refractivity contribution in [3.63, 3.8) is 0 Å². The molecule has 0 saturated carbocycles. The number of carboxylic acids is 1. The first-order chi connectivity index (χ1) is 13.8. The number of nitrogens with zero attached hydrogens (tertiary/aromatic N) is 3. The summed E-state index contributed by atoms with van der Waals surface area (Å²) in [5, 5.41) is 15.7. The van der Waals surface area contributed by atoms with Crippen LogP contribution in [0.5, 0.6) is 0 Å². The van der Waals surface area contributed by atoms with Gasteiger partial charge in [-0.15, -0.1) is 0 Å². The first kappa shape index (κ1) is 19.9. The molecule has 0 aliphatic heterocycles. The summed E-state index contributed by atoms with van der Waals surface area (Å²) in [7, 11) is 0. The van der Waals surface area contributed by atoms with E-state index in [1.54, 1.807) is 24.4 Å². The Hall–Kier alpha value is -2.41. The minimum atomic E-state index is -0.964. The Balaban J connectivity index is 1.88. The van der Waals surface area contributed by atoms with Gasteiger partial charge in [-0.1, -0.05) is 47.1 Å². The molecular formula is C21H17Cl2N3O2S. The van der Waals surface area contributed by atoms with Gasteiger partial charge in [-0.3, -0.25) is 9.25 Å². The third-order valence-electron chi connectivity index (χ3n) is 4.51. The molecule has 0 spiro atoms. The van der Waals surface area contributed by atoms with Gasteiger partial charge < -0.3 is 5.11 Å². The molecule has 0 atom stereocenters. The Bertz CT molecular complexity index is 1230. The van der Waals surface area contributed by atoms with Crippen LogP contribution in [0.1, 0.15) is 30.2 Å². The molecular weight excluding hydrogens is 429 g/mol. The van der Waals surface area contributed by atoms with E-state index in [1.165, 1.54) is 11.8 Å². The second kappa shape index (κ2) is 7.78. The highest BCUT2D eigenvalue weighted by Gasteiger charge is 2.20. The Labute approximate surface area is 181 Å². The van der Waals surface area contributed by atoms with Gasteiger partial charge in [0.15, 0.2) is 0 Å². The number of carbonyl (C=O) groups is 1. The predicted octanol–water partition coefficient (Wildman–Crippen LogP) is 6.56. The van der Waals surface area contributed by atoms with Gasteiger partial charge in [0, 0.05) is 27.5 Å². The van der Waals surface area contributed by atoms with E-state index in [4.69, 9.17) is 23.2 Å². The summed E-state index contributed by atoms with van der Waals surface area (Å²) in [6.07, 6.45) is 3.71. The smallest absolute Gasteiger partial charge is 0.335 e. The molecule has 2 aromatic heterocycles. The summed E-state index contributed by atoms with van der Waals surface area (Å²) in [5.74, 6) is -0.964. The lowest BCUT2D eigenvalue weighted by molar-refractivity contribution is 0.0696. The largest absolute Gasteiger partial charge is 0.478 e. The standard InChI is InChI=1S/C21H17Cl2N3O2S/c1-12(2)25-11-15(10-24-25)26-18-9-14(22)6-7-17(18)19(20(26)23)29-16-5-3-4-13(8-16)21(27)28/h3-12H,1-2H3,(H,27,28). The summed E-state index contributed by atoms with van der Waals surface area (Å²) in [6, 6.07) is 12.6. The summed E-state index contributed by atoms with van der Waals surface area (Å²) in [6.45, 7) is 4.11. The van der Waals surface area contributed by atoms with Crippen molar-refractivity contribution in [2.75, 3.05) is 0 Å². The molecule has 2 heterocycles. The highest BCUT2D eigenvalue weighted by molar-refractivity contribution is 7.99. The molecule has 0 amide bonds. The van der Waals surface area contributed by atoms with E-state index in [2.05, 4.69) is 18.9 Å². The second-order valence-corrected chi connectivity index (χ2v) is 8.70. The lowest BCUT2D eigenvalue weighted by Gasteiger charge is -2.06. The minimum absolute atomic E-state index is 0.223. The second-order valence-electron chi connectivity index (χ2n) is 6.82. The molecule has 4 aromatic rings. The number of benzene rings is 2. The van der Waals surface area contributed by atoms with Crippen LogP contribution in [-0.4, -0.2) is 25.4 Å². The van der Waals surface area contributed by atoms with E-state index in [9.17, 15) is 9.90 Å². The third-order valence-corrected chi connectivity index (χ3v) is 6.32. The van der Waals surface area contributed by atoms with Crippen molar-refractivity contribution in [3.8, 4) is 5.69 Å².